The van der Waals surface area contributed by atoms with Crippen LogP contribution < -0.4 is 0 Å². The number of aliphatic hydroxyl groups excluding tert-OH is 1. The average molecular weight is 222 g/mol. The van der Waals surface area contributed by atoms with Gasteiger partial charge in [-0.25, -0.2) is 0 Å². The van der Waals surface area contributed by atoms with Crippen molar-refractivity contribution in [2.45, 2.75) is 47.5 Å². The van der Waals surface area contributed by atoms with E-state index in [1.165, 1.54) is 12.8 Å². The predicted octanol–water partition coefficient (Wildman–Crippen LogP) is 3.63. The van der Waals surface area contributed by atoms with E-state index in [9.17, 15) is 5.11 Å². The molecule has 3 atom stereocenters. The van der Waals surface area contributed by atoms with Crippen molar-refractivity contribution in [3.05, 3.63) is 12.2 Å². The topological polar surface area (TPSA) is 20.2 Å². The minimum absolute atomic E-state index is 0.209. The molecule has 1 nitrogen and oxygen atoms in total. The van der Waals surface area contributed by atoms with E-state index < -0.39 is 0 Å². The van der Waals surface area contributed by atoms with E-state index in [4.69, 9.17) is 0 Å². The maximum Gasteiger partial charge on any atom is 0.0464 e. The second-order valence-corrected chi connectivity index (χ2v) is 7.27. The summed E-state index contributed by atoms with van der Waals surface area (Å²) in [6, 6.07) is 0. The van der Waals surface area contributed by atoms with Crippen molar-refractivity contribution in [3.63, 3.8) is 0 Å². The molecule has 1 N–H and O–H groups in total. The van der Waals surface area contributed by atoms with Crippen molar-refractivity contribution in [2.75, 3.05) is 6.61 Å². The summed E-state index contributed by atoms with van der Waals surface area (Å²) in [6.07, 6.45) is 7.15. The van der Waals surface area contributed by atoms with Crippen molar-refractivity contribution in [1.82, 2.24) is 0 Å². The van der Waals surface area contributed by atoms with Crippen molar-refractivity contribution in [2.24, 2.45) is 28.1 Å². The first kappa shape index (κ1) is 12.2. The Bertz CT molecular complexity index is 313. The molecular weight excluding hydrogens is 196 g/mol. The molecule has 2 aliphatic carbocycles. The SMILES string of the molecule is CC1(C)CC=C[C@]2(C)[C@H]1C[C@@H](CO)C2(C)C. The van der Waals surface area contributed by atoms with E-state index in [-0.39, 0.29) is 10.8 Å². The summed E-state index contributed by atoms with van der Waals surface area (Å²) in [5, 5.41) is 9.61. The highest BCUT2D eigenvalue weighted by Crippen LogP contribution is 2.66. The molecule has 0 bridgehead atoms. The standard InChI is InChI=1S/C15H26O/c1-13(2)7-6-8-15(5)12(13)9-11(10-16)14(15,3)4/h6,8,11-12,16H,7,9-10H2,1-5H3/t11-,12-,15+/m0/s1. The fourth-order valence-corrected chi connectivity index (χ4v) is 4.23. The van der Waals surface area contributed by atoms with Crippen molar-refractivity contribution in [1.29, 1.82) is 0 Å². The van der Waals surface area contributed by atoms with Crippen molar-refractivity contribution < 1.29 is 5.11 Å². The van der Waals surface area contributed by atoms with Crippen LogP contribution in [0.3, 0.4) is 0 Å². The Labute approximate surface area is 99.9 Å². The molecule has 0 aromatic carbocycles. The lowest BCUT2D eigenvalue weighted by atomic mass is 9.55. The van der Waals surface area contributed by atoms with Gasteiger partial charge in [-0.15, -0.1) is 0 Å². The van der Waals surface area contributed by atoms with Gasteiger partial charge in [0.15, 0.2) is 0 Å². The van der Waals surface area contributed by atoms with Gasteiger partial charge in [0.1, 0.15) is 0 Å². The summed E-state index contributed by atoms with van der Waals surface area (Å²) in [6.45, 7) is 12.2. The fraction of sp³-hybridized carbons (Fsp3) is 0.867. The van der Waals surface area contributed by atoms with Crippen LogP contribution in [0.25, 0.3) is 0 Å². The van der Waals surface area contributed by atoms with Crippen LogP contribution in [0, 0.1) is 28.1 Å². The lowest BCUT2D eigenvalue weighted by molar-refractivity contribution is 0.0333. The molecule has 2 rings (SSSR count). The normalized spacial score (nSPS) is 44.4. The number of fused-ring (bicyclic) bond motifs is 1. The number of hydrogen-bond acceptors (Lipinski definition) is 1. The van der Waals surface area contributed by atoms with E-state index >= 15 is 0 Å². The van der Waals surface area contributed by atoms with Crippen LogP contribution >= 0.6 is 0 Å². The van der Waals surface area contributed by atoms with Crippen LogP contribution in [0.15, 0.2) is 12.2 Å². The van der Waals surface area contributed by atoms with Gasteiger partial charge in [0, 0.05) is 6.61 Å². The summed E-state index contributed by atoms with van der Waals surface area (Å²) >= 11 is 0. The molecule has 1 saturated carbocycles. The number of aliphatic hydroxyl groups is 1. The third-order valence-electron chi connectivity index (χ3n) is 5.92. The zero-order chi connectivity index (χ0) is 12.2. The molecule has 92 valence electrons. The molecule has 0 aliphatic heterocycles. The Kier molecular flexibility index (Phi) is 2.55. The smallest absolute Gasteiger partial charge is 0.0464 e. The van der Waals surface area contributed by atoms with Crippen LogP contribution in [0.2, 0.25) is 0 Å². The maximum atomic E-state index is 9.61. The fourth-order valence-electron chi connectivity index (χ4n) is 4.23. The number of hydrogen-bond donors (Lipinski definition) is 1. The zero-order valence-electron chi connectivity index (χ0n) is 11.4. The number of allylic oxidation sites excluding steroid dienone is 2. The Morgan fingerprint density at radius 3 is 2.31 bits per heavy atom. The van der Waals surface area contributed by atoms with Gasteiger partial charge >= 0.3 is 0 Å². The predicted molar refractivity (Wildman–Crippen MR) is 68.1 cm³/mol. The second-order valence-electron chi connectivity index (χ2n) is 7.27. The lowest BCUT2D eigenvalue weighted by Gasteiger charge is -2.49. The van der Waals surface area contributed by atoms with Crippen LogP contribution in [0.5, 0.6) is 0 Å². The first-order valence-corrected chi connectivity index (χ1v) is 6.54. The van der Waals surface area contributed by atoms with Crippen molar-refractivity contribution >= 4 is 0 Å². The van der Waals surface area contributed by atoms with Gasteiger partial charge in [-0.2, -0.15) is 0 Å². The van der Waals surface area contributed by atoms with Gasteiger partial charge in [0.05, 0.1) is 0 Å². The molecule has 0 spiro atoms. The summed E-state index contributed by atoms with van der Waals surface area (Å²) in [7, 11) is 0. The van der Waals surface area contributed by atoms with Gasteiger partial charge in [0.2, 0.25) is 0 Å². The van der Waals surface area contributed by atoms with Crippen LogP contribution in [0.1, 0.15) is 47.5 Å². The molecule has 0 amide bonds. The quantitative estimate of drug-likeness (QED) is 0.672. The van der Waals surface area contributed by atoms with Gasteiger partial charge in [0.25, 0.3) is 0 Å². The largest absolute Gasteiger partial charge is 0.396 e. The molecule has 0 saturated heterocycles. The van der Waals surface area contributed by atoms with Crippen LogP contribution in [-0.2, 0) is 0 Å². The highest BCUT2D eigenvalue weighted by atomic mass is 16.3. The average Bonchev–Trinajstić information content (AvgIpc) is 2.35. The highest BCUT2D eigenvalue weighted by molar-refractivity contribution is 5.20. The highest BCUT2D eigenvalue weighted by Gasteiger charge is 2.60. The minimum atomic E-state index is 0.209. The third kappa shape index (κ3) is 1.33. The van der Waals surface area contributed by atoms with E-state index in [2.05, 4.69) is 46.8 Å². The first-order valence-electron chi connectivity index (χ1n) is 6.54. The van der Waals surface area contributed by atoms with E-state index in [0.717, 1.165) is 0 Å². The third-order valence-corrected chi connectivity index (χ3v) is 5.92. The molecule has 2 aliphatic rings. The Morgan fingerprint density at radius 1 is 1.19 bits per heavy atom. The van der Waals surface area contributed by atoms with Gasteiger partial charge in [-0.1, -0.05) is 46.8 Å². The minimum Gasteiger partial charge on any atom is -0.396 e. The first-order chi connectivity index (χ1) is 7.25. The maximum absolute atomic E-state index is 9.61. The summed E-state index contributed by atoms with van der Waals surface area (Å²) < 4.78 is 0. The van der Waals surface area contributed by atoms with E-state index in [1.807, 2.05) is 0 Å². The number of rotatable bonds is 1. The molecule has 0 heterocycles. The van der Waals surface area contributed by atoms with Crippen LogP contribution in [0.4, 0.5) is 0 Å². The summed E-state index contributed by atoms with van der Waals surface area (Å²) in [4.78, 5) is 0. The van der Waals surface area contributed by atoms with E-state index in [0.29, 0.717) is 23.9 Å². The summed E-state index contributed by atoms with van der Waals surface area (Å²) in [5.74, 6) is 1.15. The second kappa shape index (κ2) is 3.35. The molecule has 0 aromatic heterocycles. The molecule has 0 unspecified atom stereocenters. The lowest BCUT2D eigenvalue weighted by Crippen LogP contribution is -2.43. The van der Waals surface area contributed by atoms with Gasteiger partial charge in [-0.05, 0) is 40.9 Å². The Morgan fingerprint density at radius 2 is 1.81 bits per heavy atom. The Balaban J connectivity index is 2.47. The Hall–Kier alpha value is -0.300. The van der Waals surface area contributed by atoms with Crippen molar-refractivity contribution in [3.8, 4) is 0 Å². The molecule has 1 heteroatoms. The molecular formula is C15H26O. The molecule has 0 radical (unpaired) electrons. The monoisotopic (exact) mass is 222 g/mol. The van der Waals surface area contributed by atoms with Gasteiger partial charge in [-0.3, -0.25) is 0 Å². The van der Waals surface area contributed by atoms with Gasteiger partial charge < -0.3 is 5.11 Å². The molecule has 16 heavy (non-hydrogen) atoms. The van der Waals surface area contributed by atoms with Crippen LogP contribution in [-0.4, -0.2) is 11.7 Å². The summed E-state index contributed by atoms with van der Waals surface area (Å²) in [5.41, 5.74) is 0.841. The zero-order valence-corrected chi connectivity index (χ0v) is 11.4. The molecule has 0 aromatic rings. The van der Waals surface area contributed by atoms with E-state index in [1.54, 1.807) is 0 Å². The molecule has 1 fully saturated rings.